The molecule has 8 nitrogen and oxygen atoms in total. The van der Waals surface area contributed by atoms with Crippen LogP contribution in [0.2, 0.25) is 0 Å². The standard InChI is InChI=1S/C35H25N3O5S/c1-3-42-22-14-15-25-28(18-22)44-34(36-25)38-32(40)31-29(30(39)23-17-20(2)13-16-27(23)43-31)35(38)24-11-7-8-12-26(24)37(33(35)41)19-21-9-5-4-6-10-21/h4-18H,3,19H2,1-2H3. The van der Waals surface area contributed by atoms with Crippen molar-refractivity contribution in [1.29, 1.82) is 0 Å². The van der Waals surface area contributed by atoms with Crippen LogP contribution in [0, 0.1) is 6.92 Å². The summed E-state index contributed by atoms with van der Waals surface area (Å²) >= 11 is 1.26. The Morgan fingerprint density at radius 1 is 0.932 bits per heavy atom. The third-order valence-electron chi connectivity index (χ3n) is 8.31. The maximum atomic E-state index is 15.1. The number of hydrogen-bond donors (Lipinski definition) is 0. The third kappa shape index (κ3) is 3.56. The number of rotatable bonds is 5. The van der Waals surface area contributed by atoms with Crippen molar-refractivity contribution in [2.45, 2.75) is 25.9 Å². The summed E-state index contributed by atoms with van der Waals surface area (Å²) in [5, 5.41) is 0.602. The fraction of sp³-hybridized carbons (Fsp3) is 0.143. The van der Waals surface area contributed by atoms with Crippen molar-refractivity contribution < 1.29 is 18.7 Å². The molecule has 44 heavy (non-hydrogen) atoms. The van der Waals surface area contributed by atoms with Gasteiger partial charge in [-0.25, -0.2) is 4.98 Å². The number of carbonyl (C=O) groups excluding carboxylic acids is 2. The number of ether oxygens (including phenoxy) is 1. The number of fused-ring (bicyclic) bond motifs is 6. The molecule has 4 aromatic carbocycles. The second kappa shape index (κ2) is 9.62. The highest BCUT2D eigenvalue weighted by molar-refractivity contribution is 7.22. The predicted octanol–water partition coefficient (Wildman–Crippen LogP) is 6.56. The van der Waals surface area contributed by atoms with E-state index in [4.69, 9.17) is 14.1 Å². The normalized spacial score (nSPS) is 17.2. The van der Waals surface area contributed by atoms with E-state index < -0.39 is 22.8 Å². The number of anilines is 2. The van der Waals surface area contributed by atoms with E-state index in [-0.39, 0.29) is 28.6 Å². The average molecular weight is 600 g/mol. The molecule has 0 N–H and O–H groups in total. The number of para-hydroxylation sites is 1. The van der Waals surface area contributed by atoms with Gasteiger partial charge in [0, 0.05) is 5.56 Å². The maximum Gasteiger partial charge on any atom is 0.297 e. The topological polar surface area (TPSA) is 93.0 Å². The molecule has 1 unspecified atom stereocenters. The minimum absolute atomic E-state index is 0.0165. The van der Waals surface area contributed by atoms with E-state index in [1.54, 1.807) is 17.0 Å². The molecule has 6 aromatic rings. The van der Waals surface area contributed by atoms with Crippen LogP contribution in [0.15, 0.2) is 100 Å². The molecular formula is C35H25N3O5S. The number of carbonyl (C=O) groups is 2. The molecule has 2 aromatic heterocycles. The Kier molecular flexibility index (Phi) is 5.76. The van der Waals surface area contributed by atoms with Gasteiger partial charge in [-0.2, -0.15) is 0 Å². The number of amides is 2. The number of hydrogen-bond acceptors (Lipinski definition) is 7. The molecule has 1 spiro atoms. The van der Waals surface area contributed by atoms with E-state index >= 15 is 4.79 Å². The van der Waals surface area contributed by atoms with Crippen LogP contribution in [-0.4, -0.2) is 23.4 Å². The lowest BCUT2D eigenvalue weighted by Crippen LogP contribution is -2.53. The van der Waals surface area contributed by atoms with Gasteiger partial charge >= 0.3 is 0 Å². The van der Waals surface area contributed by atoms with Crippen molar-refractivity contribution in [2.75, 3.05) is 16.4 Å². The summed E-state index contributed by atoms with van der Waals surface area (Å²) in [6.45, 7) is 4.55. The van der Waals surface area contributed by atoms with Crippen molar-refractivity contribution in [3.05, 3.63) is 129 Å². The van der Waals surface area contributed by atoms with Crippen LogP contribution in [0.1, 0.15) is 39.7 Å². The fourth-order valence-electron chi connectivity index (χ4n) is 6.44. The second-order valence-electron chi connectivity index (χ2n) is 10.9. The van der Waals surface area contributed by atoms with Gasteiger partial charge in [0.1, 0.15) is 11.3 Å². The average Bonchev–Trinajstić information content (AvgIpc) is 3.64. The Bertz CT molecular complexity index is 2220. The third-order valence-corrected chi connectivity index (χ3v) is 9.32. The first-order valence-electron chi connectivity index (χ1n) is 14.3. The van der Waals surface area contributed by atoms with Gasteiger partial charge in [0.25, 0.3) is 11.8 Å². The second-order valence-corrected chi connectivity index (χ2v) is 11.9. The van der Waals surface area contributed by atoms with Gasteiger partial charge in [-0.15, -0.1) is 0 Å². The fourth-order valence-corrected chi connectivity index (χ4v) is 7.49. The van der Waals surface area contributed by atoms with Crippen molar-refractivity contribution in [3.8, 4) is 5.75 Å². The largest absolute Gasteiger partial charge is 0.494 e. The van der Waals surface area contributed by atoms with Crippen LogP contribution in [-0.2, 0) is 16.9 Å². The van der Waals surface area contributed by atoms with Crippen LogP contribution in [0.5, 0.6) is 5.75 Å². The zero-order chi connectivity index (χ0) is 30.2. The van der Waals surface area contributed by atoms with Crippen molar-refractivity contribution >= 4 is 55.2 Å². The lowest BCUT2D eigenvalue weighted by Gasteiger charge is -2.32. The van der Waals surface area contributed by atoms with Crippen LogP contribution in [0.3, 0.4) is 0 Å². The molecule has 2 aliphatic rings. The molecule has 8 rings (SSSR count). The molecule has 0 bridgehead atoms. The Balaban J connectivity index is 1.43. The van der Waals surface area contributed by atoms with Crippen molar-refractivity contribution in [1.82, 2.24) is 4.98 Å². The highest BCUT2D eigenvalue weighted by atomic mass is 32.1. The molecule has 2 amide bonds. The van der Waals surface area contributed by atoms with Gasteiger partial charge in [-0.1, -0.05) is 71.5 Å². The molecule has 0 radical (unpaired) electrons. The molecule has 216 valence electrons. The lowest BCUT2D eigenvalue weighted by molar-refractivity contribution is -0.121. The molecule has 0 saturated heterocycles. The van der Waals surface area contributed by atoms with E-state index in [9.17, 15) is 9.59 Å². The molecule has 0 saturated carbocycles. The van der Waals surface area contributed by atoms with Crippen LogP contribution in [0.25, 0.3) is 21.2 Å². The molecule has 9 heteroatoms. The van der Waals surface area contributed by atoms with Crippen LogP contribution < -0.4 is 20.0 Å². The first-order chi connectivity index (χ1) is 21.4. The Morgan fingerprint density at radius 3 is 2.55 bits per heavy atom. The summed E-state index contributed by atoms with van der Waals surface area (Å²) < 4.78 is 12.7. The van der Waals surface area contributed by atoms with E-state index in [0.717, 1.165) is 15.8 Å². The minimum atomic E-state index is -1.81. The number of benzene rings is 4. The first kappa shape index (κ1) is 26.4. The SMILES string of the molecule is CCOc1ccc2nc(N3C(=O)c4oc5ccc(C)cc5c(=O)c4C34C(=O)N(Cc3ccccc3)c3ccccc34)sc2c1. The summed E-state index contributed by atoms with van der Waals surface area (Å²) in [5.41, 5.74) is 1.65. The summed E-state index contributed by atoms with van der Waals surface area (Å²) in [6, 6.07) is 27.7. The monoisotopic (exact) mass is 599 g/mol. The van der Waals surface area contributed by atoms with Crippen LogP contribution in [0.4, 0.5) is 10.8 Å². The Morgan fingerprint density at radius 2 is 1.73 bits per heavy atom. The zero-order valence-corrected chi connectivity index (χ0v) is 24.7. The number of nitrogens with zero attached hydrogens (tertiary/aromatic N) is 3. The minimum Gasteiger partial charge on any atom is -0.494 e. The molecule has 4 heterocycles. The Labute approximate surface area is 255 Å². The zero-order valence-electron chi connectivity index (χ0n) is 23.9. The first-order valence-corrected chi connectivity index (χ1v) is 15.1. The van der Waals surface area contributed by atoms with Gasteiger partial charge in [-0.05, 0) is 55.8 Å². The summed E-state index contributed by atoms with van der Waals surface area (Å²) in [4.78, 5) is 52.0. The highest BCUT2D eigenvalue weighted by Crippen LogP contribution is 2.55. The predicted molar refractivity (Wildman–Crippen MR) is 170 cm³/mol. The molecule has 0 aliphatic carbocycles. The molecule has 1 atom stereocenters. The van der Waals surface area contributed by atoms with Gasteiger partial charge in [0.2, 0.25) is 5.76 Å². The summed E-state index contributed by atoms with van der Waals surface area (Å²) in [6.07, 6.45) is 0. The van der Waals surface area contributed by atoms with Crippen molar-refractivity contribution in [3.63, 3.8) is 0 Å². The smallest absolute Gasteiger partial charge is 0.297 e. The molecule has 2 aliphatic heterocycles. The van der Waals surface area contributed by atoms with E-state index in [1.165, 1.54) is 16.2 Å². The van der Waals surface area contributed by atoms with Gasteiger partial charge in [-0.3, -0.25) is 19.3 Å². The van der Waals surface area contributed by atoms with Crippen molar-refractivity contribution in [2.24, 2.45) is 0 Å². The quantitative estimate of drug-likeness (QED) is 0.223. The van der Waals surface area contributed by atoms with Gasteiger partial charge in [0.05, 0.1) is 40.0 Å². The number of thiazole rings is 1. The number of aromatic nitrogens is 1. The van der Waals surface area contributed by atoms with Gasteiger partial charge < -0.3 is 14.1 Å². The van der Waals surface area contributed by atoms with E-state index in [2.05, 4.69) is 0 Å². The molecular weight excluding hydrogens is 574 g/mol. The lowest BCUT2D eigenvalue weighted by atomic mass is 9.84. The number of aryl methyl sites for hydroxylation is 1. The van der Waals surface area contributed by atoms with Crippen LogP contribution >= 0.6 is 11.3 Å². The maximum absolute atomic E-state index is 15.1. The molecule has 0 fully saturated rings. The van der Waals surface area contributed by atoms with E-state index in [0.29, 0.717) is 34.5 Å². The highest BCUT2D eigenvalue weighted by Gasteiger charge is 2.66. The summed E-state index contributed by atoms with van der Waals surface area (Å²) in [7, 11) is 0. The van der Waals surface area contributed by atoms with E-state index in [1.807, 2.05) is 92.7 Å². The summed E-state index contributed by atoms with van der Waals surface area (Å²) in [5.74, 6) is -0.474. The Hall–Kier alpha value is -5.28. The van der Waals surface area contributed by atoms with Gasteiger partial charge in [0.15, 0.2) is 16.1 Å².